The van der Waals surface area contributed by atoms with Crippen molar-refractivity contribution in [1.82, 2.24) is 35.5 Å². The third kappa shape index (κ3) is 7.43. The standard InChI is InChI=1S/C32H34ClN9O5/c1-46-31(44)24-6-4-3-5-23(37-27(43)14-9-19-15-20(33)10-13-26(19)42-17-34-40-41-42)30-38-28(18-7-8-18)29(39-30)22-12-11-21(16-25(22)36-24)35-32(45)47-2/h9-18,23-24,36H,3-8H2,1-2H3,(H,35,45)(H,37,43)(H,38,39)/t23-,24?/m0/s1. The molecule has 2 aliphatic rings. The molecule has 0 spiro atoms. The van der Waals surface area contributed by atoms with E-state index in [1.807, 2.05) is 6.07 Å². The van der Waals surface area contributed by atoms with Gasteiger partial charge in [0.25, 0.3) is 0 Å². The summed E-state index contributed by atoms with van der Waals surface area (Å²) in [5.74, 6) is 0.219. The number of tetrazole rings is 1. The van der Waals surface area contributed by atoms with Gasteiger partial charge in [0.05, 0.1) is 31.6 Å². The van der Waals surface area contributed by atoms with Crippen LogP contribution in [0.3, 0.4) is 0 Å². The Kier molecular flexibility index (Phi) is 9.47. The highest BCUT2D eigenvalue weighted by Crippen LogP contribution is 2.46. The Morgan fingerprint density at radius 1 is 1.04 bits per heavy atom. The molecule has 2 aromatic heterocycles. The summed E-state index contributed by atoms with van der Waals surface area (Å²) >= 11 is 6.25. The molecule has 1 saturated carbocycles. The molecule has 47 heavy (non-hydrogen) atoms. The van der Waals surface area contributed by atoms with Crippen molar-refractivity contribution in [2.45, 2.75) is 56.5 Å². The zero-order chi connectivity index (χ0) is 32.9. The van der Waals surface area contributed by atoms with Gasteiger partial charge in [-0.25, -0.2) is 14.6 Å². The third-order valence-electron chi connectivity index (χ3n) is 8.14. The Bertz CT molecular complexity index is 1800. The monoisotopic (exact) mass is 659 g/mol. The summed E-state index contributed by atoms with van der Waals surface area (Å²) < 4.78 is 11.4. The maximum Gasteiger partial charge on any atom is 0.411 e. The van der Waals surface area contributed by atoms with Crippen LogP contribution in [0.25, 0.3) is 23.0 Å². The summed E-state index contributed by atoms with van der Waals surface area (Å²) in [7, 11) is 2.65. The average molecular weight is 660 g/mol. The highest BCUT2D eigenvalue weighted by Gasteiger charge is 2.33. The second kappa shape index (κ2) is 14.0. The molecule has 2 amide bonds. The van der Waals surface area contributed by atoms with Gasteiger partial charge < -0.3 is 25.1 Å². The van der Waals surface area contributed by atoms with Crippen molar-refractivity contribution in [1.29, 1.82) is 0 Å². The number of H-pyrrole nitrogens is 1. The first-order valence-electron chi connectivity index (χ1n) is 15.3. The SMILES string of the molecule is COC(=O)Nc1ccc2c(c1)NC(C(=O)OC)CCCC[C@H](NC(=O)C=Cc1cc(Cl)ccc1-n1cnnn1)c1nc-2c(C2CC2)[nH]1. The molecule has 1 fully saturated rings. The Balaban J connectivity index is 1.33. The van der Waals surface area contributed by atoms with Crippen LogP contribution in [0.2, 0.25) is 5.02 Å². The largest absolute Gasteiger partial charge is 0.467 e. The smallest absolute Gasteiger partial charge is 0.411 e. The normalized spacial score (nSPS) is 17.9. The fraction of sp³-hybridized carbons (Fsp3) is 0.344. The number of aromatic amines is 1. The van der Waals surface area contributed by atoms with Crippen molar-refractivity contribution in [2.24, 2.45) is 0 Å². The summed E-state index contributed by atoms with van der Waals surface area (Å²) in [6.07, 6.45) is 8.43. The molecular formula is C32H34ClN9O5. The maximum absolute atomic E-state index is 13.4. The summed E-state index contributed by atoms with van der Waals surface area (Å²) in [5.41, 5.74) is 4.86. The van der Waals surface area contributed by atoms with Crippen molar-refractivity contribution in [2.75, 3.05) is 24.9 Å². The Hall–Kier alpha value is -5.24. The number of halogens is 1. The van der Waals surface area contributed by atoms with Gasteiger partial charge in [0.15, 0.2) is 0 Å². The van der Waals surface area contributed by atoms with E-state index < -0.39 is 24.1 Å². The van der Waals surface area contributed by atoms with Crippen molar-refractivity contribution < 1.29 is 23.9 Å². The van der Waals surface area contributed by atoms with Crippen LogP contribution >= 0.6 is 11.6 Å². The first-order chi connectivity index (χ1) is 22.8. The molecular weight excluding hydrogens is 626 g/mol. The number of aromatic nitrogens is 6. The van der Waals surface area contributed by atoms with Crippen LogP contribution in [0.5, 0.6) is 0 Å². The molecule has 2 aromatic carbocycles. The van der Waals surface area contributed by atoms with Gasteiger partial charge in [-0.1, -0.05) is 24.4 Å². The number of methoxy groups -OCH3 is 2. The van der Waals surface area contributed by atoms with E-state index in [0.717, 1.165) is 29.8 Å². The second-order valence-electron chi connectivity index (χ2n) is 11.4. The lowest BCUT2D eigenvalue weighted by Gasteiger charge is -2.22. The number of imidazole rings is 1. The lowest BCUT2D eigenvalue weighted by Crippen LogP contribution is -2.31. The van der Waals surface area contributed by atoms with E-state index in [2.05, 4.69) is 36.5 Å². The van der Waals surface area contributed by atoms with Crippen LogP contribution in [0.4, 0.5) is 16.2 Å². The molecule has 0 radical (unpaired) electrons. The maximum atomic E-state index is 13.4. The molecule has 244 valence electrons. The first kappa shape index (κ1) is 31.7. The number of anilines is 2. The van der Waals surface area contributed by atoms with Gasteiger partial charge in [0, 0.05) is 45.2 Å². The van der Waals surface area contributed by atoms with E-state index in [-0.39, 0.29) is 11.8 Å². The number of carbonyl (C=O) groups excluding carboxylic acids is 3. The van der Waals surface area contributed by atoms with Crippen molar-refractivity contribution in [3.8, 4) is 16.9 Å². The lowest BCUT2D eigenvalue weighted by atomic mass is 10.0. The summed E-state index contributed by atoms with van der Waals surface area (Å²) in [6, 6.07) is 9.52. The van der Waals surface area contributed by atoms with E-state index in [0.29, 0.717) is 59.2 Å². The third-order valence-corrected chi connectivity index (χ3v) is 8.37. The van der Waals surface area contributed by atoms with E-state index >= 15 is 0 Å². The molecule has 2 bridgehead atoms. The number of nitrogens with zero attached hydrogens (tertiary/aromatic N) is 5. The van der Waals surface area contributed by atoms with Gasteiger partial charge in [-0.05, 0) is 78.6 Å². The highest BCUT2D eigenvalue weighted by atomic mass is 35.5. The first-order valence-corrected chi connectivity index (χ1v) is 15.7. The number of amides is 2. The Morgan fingerprint density at radius 3 is 2.62 bits per heavy atom. The average Bonchev–Trinajstić information content (AvgIpc) is 3.57. The van der Waals surface area contributed by atoms with Crippen LogP contribution < -0.4 is 16.0 Å². The van der Waals surface area contributed by atoms with Crippen molar-refractivity contribution in [3.63, 3.8) is 0 Å². The zero-order valence-electron chi connectivity index (χ0n) is 25.8. The van der Waals surface area contributed by atoms with E-state index in [1.165, 1.54) is 31.3 Å². The molecule has 0 saturated heterocycles. The molecule has 15 heteroatoms. The number of esters is 1. The van der Waals surface area contributed by atoms with Crippen molar-refractivity contribution in [3.05, 3.63) is 70.9 Å². The number of hydrogen-bond donors (Lipinski definition) is 4. The van der Waals surface area contributed by atoms with E-state index in [1.54, 1.807) is 36.4 Å². The second-order valence-corrected chi connectivity index (χ2v) is 11.8. The van der Waals surface area contributed by atoms with Gasteiger partial charge >= 0.3 is 12.1 Å². The highest BCUT2D eigenvalue weighted by molar-refractivity contribution is 6.30. The molecule has 14 nitrogen and oxygen atoms in total. The number of rotatable bonds is 7. The molecule has 2 atom stereocenters. The molecule has 1 aliphatic carbocycles. The minimum atomic E-state index is -0.641. The number of benzene rings is 2. The van der Waals surface area contributed by atoms with Crippen LogP contribution in [0, 0.1) is 0 Å². The number of carbonyl (C=O) groups is 3. The van der Waals surface area contributed by atoms with Crippen LogP contribution in [0.15, 0.2) is 48.8 Å². The van der Waals surface area contributed by atoms with E-state index in [9.17, 15) is 14.4 Å². The topological polar surface area (TPSA) is 178 Å². The van der Waals surface area contributed by atoms with Crippen LogP contribution in [0.1, 0.15) is 67.6 Å². The van der Waals surface area contributed by atoms with Gasteiger partial charge in [-0.2, -0.15) is 4.68 Å². The summed E-state index contributed by atoms with van der Waals surface area (Å²) in [6.45, 7) is 0. The Morgan fingerprint density at radius 2 is 1.87 bits per heavy atom. The predicted molar refractivity (Wildman–Crippen MR) is 174 cm³/mol. The molecule has 3 heterocycles. The fourth-order valence-electron chi connectivity index (χ4n) is 5.64. The summed E-state index contributed by atoms with van der Waals surface area (Å²) in [5, 5.41) is 21.0. The number of fused-ring (bicyclic) bond motifs is 4. The molecule has 6 rings (SSSR count). The summed E-state index contributed by atoms with van der Waals surface area (Å²) in [4.78, 5) is 46.8. The van der Waals surface area contributed by atoms with Crippen LogP contribution in [-0.2, 0) is 19.1 Å². The zero-order valence-corrected chi connectivity index (χ0v) is 26.6. The molecule has 4 N–H and O–H groups in total. The quantitative estimate of drug-likeness (QED) is 0.153. The number of ether oxygens (including phenoxy) is 2. The molecule has 1 unspecified atom stereocenters. The van der Waals surface area contributed by atoms with Gasteiger partial charge in [0.2, 0.25) is 5.91 Å². The lowest BCUT2D eigenvalue weighted by molar-refractivity contribution is -0.141. The van der Waals surface area contributed by atoms with Crippen LogP contribution in [-0.4, -0.2) is 68.4 Å². The fourth-order valence-corrected chi connectivity index (χ4v) is 5.82. The minimum Gasteiger partial charge on any atom is -0.467 e. The molecule has 1 aliphatic heterocycles. The van der Waals surface area contributed by atoms with Gasteiger partial charge in [0.1, 0.15) is 18.2 Å². The van der Waals surface area contributed by atoms with Crippen molar-refractivity contribution >= 4 is 47.0 Å². The van der Waals surface area contributed by atoms with Gasteiger partial charge in [-0.3, -0.25) is 10.1 Å². The number of hydrogen-bond acceptors (Lipinski definition) is 10. The number of nitrogens with one attached hydrogen (secondary N) is 4. The van der Waals surface area contributed by atoms with Gasteiger partial charge in [-0.15, -0.1) is 5.10 Å². The predicted octanol–water partition coefficient (Wildman–Crippen LogP) is 5.16. The minimum absolute atomic E-state index is 0.289. The Labute approximate surface area is 275 Å². The molecule has 4 aromatic rings. The van der Waals surface area contributed by atoms with E-state index in [4.69, 9.17) is 26.1 Å².